The van der Waals surface area contributed by atoms with Gasteiger partial charge >= 0.3 is 6.03 Å². The lowest BCUT2D eigenvalue weighted by molar-refractivity contribution is -0.122. The summed E-state index contributed by atoms with van der Waals surface area (Å²) in [5.74, 6) is 0.802. The van der Waals surface area contributed by atoms with Crippen LogP contribution in [0, 0.1) is 0 Å². The summed E-state index contributed by atoms with van der Waals surface area (Å²) in [6.07, 6.45) is 1.64. The first-order valence-corrected chi connectivity index (χ1v) is 11.2. The highest BCUT2D eigenvalue weighted by Crippen LogP contribution is 2.36. The van der Waals surface area contributed by atoms with Gasteiger partial charge in [-0.15, -0.1) is 0 Å². The summed E-state index contributed by atoms with van der Waals surface area (Å²) in [6, 6.07) is 17.5. The molecule has 0 atom stereocenters. The second-order valence-electron chi connectivity index (χ2n) is 7.22. The third-order valence-corrected chi connectivity index (χ3v) is 5.89. The zero-order chi connectivity index (χ0) is 22.7. The smallest absolute Gasteiger partial charge is 0.328 e. The largest absolute Gasteiger partial charge is 0.490 e. The van der Waals surface area contributed by atoms with Gasteiger partial charge in [0.15, 0.2) is 11.5 Å². The van der Waals surface area contributed by atoms with Crippen LogP contribution in [0.2, 0.25) is 0 Å². The summed E-state index contributed by atoms with van der Waals surface area (Å²) in [5.41, 5.74) is 2.00. The minimum atomic E-state index is -0.417. The number of rotatable bonds is 7. The van der Waals surface area contributed by atoms with E-state index in [0.29, 0.717) is 36.8 Å². The van der Waals surface area contributed by atoms with Crippen LogP contribution in [0.25, 0.3) is 16.8 Å². The number of nitrogens with one attached hydrogen (secondary N) is 1. The molecule has 4 rings (SSSR count). The van der Waals surface area contributed by atoms with E-state index in [4.69, 9.17) is 9.47 Å². The quantitative estimate of drug-likeness (QED) is 0.348. The third kappa shape index (κ3) is 4.34. The van der Waals surface area contributed by atoms with E-state index >= 15 is 0 Å². The number of benzene rings is 3. The Kier molecular flexibility index (Phi) is 6.46. The second kappa shape index (κ2) is 9.44. The summed E-state index contributed by atoms with van der Waals surface area (Å²) >= 11 is 3.56. The molecule has 0 unspecified atom stereocenters. The zero-order valence-electron chi connectivity index (χ0n) is 17.9. The Morgan fingerprint density at radius 2 is 1.75 bits per heavy atom. The molecule has 32 heavy (non-hydrogen) atoms. The van der Waals surface area contributed by atoms with Gasteiger partial charge in [-0.25, -0.2) is 4.79 Å². The summed E-state index contributed by atoms with van der Waals surface area (Å²) in [7, 11) is 0. The van der Waals surface area contributed by atoms with Crippen LogP contribution >= 0.6 is 15.9 Å². The number of amides is 3. The Bertz CT molecular complexity index is 1220. The maximum atomic E-state index is 12.4. The fraction of sp³-hybridized carbons (Fsp3) is 0.200. The van der Waals surface area contributed by atoms with Gasteiger partial charge in [-0.3, -0.25) is 9.69 Å². The average Bonchev–Trinajstić information content (AvgIpc) is 3.06. The van der Waals surface area contributed by atoms with Crippen molar-refractivity contribution in [1.29, 1.82) is 0 Å². The Morgan fingerprint density at radius 3 is 2.50 bits per heavy atom. The number of imide groups is 1. The molecule has 1 N–H and O–H groups in total. The van der Waals surface area contributed by atoms with Crippen molar-refractivity contribution in [3.8, 4) is 11.5 Å². The van der Waals surface area contributed by atoms with Crippen LogP contribution in [-0.4, -0.2) is 30.0 Å². The van der Waals surface area contributed by atoms with E-state index in [2.05, 4.69) is 39.4 Å². The minimum absolute atomic E-state index is 0.226. The fourth-order valence-corrected chi connectivity index (χ4v) is 4.07. The molecule has 3 aromatic carbocycles. The molecular weight excluding hydrogens is 472 g/mol. The van der Waals surface area contributed by atoms with Crippen molar-refractivity contribution in [2.45, 2.75) is 20.5 Å². The molecule has 0 radical (unpaired) electrons. The molecule has 3 aromatic rings. The normalized spacial score (nSPS) is 14.8. The molecular formula is C25H23BrN2O4. The number of carbonyl (C=O) groups is 2. The lowest BCUT2D eigenvalue weighted by Crippen LogP contribution is -2.30. The molecule has 6 nitrogen and oxygen atoms in total. The first-order valence-electron chi connectivity index (χ1n) is 10.4. The molecule has 164 valence electrons. The van der Waals surface area contributed by atoms with Gasteiger partial charge in [0.2, 0.25) is 0 Å². The van der Waals surface area contributed by atoms with Crippen LogP contribution < -0.4 is 14.8 Å². The topological polar surface area (TPSA) is 67.9 Å². The van der Waals surface area contributed by atoms with Gasteiger partial charge in [-0.1, -0.05) is 58.4 Å². The highest BCUT2D eigenvalue weighted by Gasteiger charge is 2.32. The number of likely N-dealkylation sites (N-methyl/N-ethyl adjacent to an activating group) is 1. The van der Waals surface area contributed by atoms with Gasteiger partial charge in [0.05, 0.1) is 6.61 Å². The Labute approximate surface area is 194 Å². The van der Waals surface area contributed by atoms with Crippen LogP contribution in [0.3, 0.4) is 0 Å². The lowest BCUT2D eigenvalue weighted by Gasteiger charge is -2.15. The molecule has 0 aromatic heterocycles. The average molecular weight is 495 g/mol. The maximum absolute atomic E-state index is 12.4. The van der Waals surface area contributed by atoms with Gasteiger partial charge in [0.25, 0.3) is 5.91 Å². The molecule has 1 heterocycles. The number of hydrogen-bond donors (Lipinski definition) is 1. The SMILES string of the molecule is CCOc1cc(/C=C2/NC(=O)N(CC)C2=O)c(Br)cc1OCc1cccc2ccccc12. The lowest BCUT2D eigenvalue weighted by atomic mass is 10.1. The van der Waals surface area contributed by atoms with Crippen LogP contribution in [-0.2, 0) is 11.4 Å². The first kappa shape index (κ1) is 21.9. The molecule has 1 fully saturated rings. The highest BCUT2D eigenvalue weighted by atomic mass is 79.9. The van der Waals surface area contributed by atoms with E-state index in [1.54, 1.807) is 19.1 Å². The van der Waals surface area contributed by atoms with Gasteiger partial charge in [-0.2, -0.15) is 0 Å². The Morgan fingerprint density at radius 1 is 1.00 bits per heavy atom. The monoisotopic (exact) mass is 494 g/mol. The summed E-state index contributed by atoms with van der Waals surface area (Å²) < 4.78 is 12.7. The number of urea groups is 1. The van der Waals surface area contributed by atoms with Crippen molar-refractivity contribution in [2.75, 3.05) is 13.2 Å². The fourth-order valence-electron chi connectivity index (χ4n) is 3.63. The number of nitrogens with zero attached hydrogens (tertiary/aromatic N) is 1. The van der Waals surface area contributed by atoms with Crippen molar-refractivity contribution >= 4 is 44.7 Å². The standard InChI is InChI=1S/C25H23BrN2O4/c1-3-28-24(29)21(27-25(28)30)12-18-13-22(31-4-2)23(14-20(18)26)32-15-17-10-7-9-16-8-5-6-11-19(16)17/h5-14H,3-4,15H2,1-2H3,(H,27,30)/b21-12+. The maximum Gasteiger partial charge on any atom is 0.328 e. The zero-order valence-corrected chi connectivity index (χ0v) is 19.4. The van der Waals surface area contributed by atoms with Crippen LogP contribution in [0.4, 0.5) is 4.79 Å². The summed E-state index contributed by atoms with van der Waals surface area (Å²) in [4.78, 5) is 25.5. The van der Waals surface area contributed by atoms with Gasteiger partial charge in [0, 0.05) is 11.0 Å². The Hall–Kier alpha value is -3.32. The van der Waals surface area contributed by atoms with Gasteiger partial charge < -0.3 is 14.8 Å². The van der Waals surface area contributed by atoms with Crippen molar-refractivity contribution < 1.29 is 19.1 Å². The van der Waals surface area contributed by atoms with E-state index in [1.807, 2.05) is 37.3 Å². The summed E-state index contributed by atoms with van der Waals surface area (Å²) in [5, 5.41) is 4.92. The number of ether oxygens (including phenoxy) is 2. The number of hydrogen-bond acceptors (Lipinski definition) is 4. The minimum Gasteiger partial charge on any atom is -0.490 e. The van der Waals surface area contributed by atoms with Crippen molar-refractivity contribution in [3.63, 3.8) is 0 Å². The van der Waals surface area contributed by atoms with E-state index in [9.17, 15) is 9.59 Å². The molecule has 7 heteroatoms. The van der Waals surface area contributed by atoms with E-state index in [1.165, 1.54) is 0 Å². The molecule has 0 bridgehead atoms. The molecule has 3 amide bonds. The first-order chi connectivity index (χ1) is 15.5. The molecule has 0 aliphatic carbocycles. The van der Waals surface area contributed by atoms with Crippen LogP contribution in [0.5, 0.6) is 11.5 Å². The molecule has 1 aliphatic heterocycles. The summed E-state index contributed by atoms with van der Waals surface area (Å²) in [6.45, 7) is 4.81. The van der Waals surface area contributed by atoms with E-state index in [-0.39, 0.29) is 11.6 Å². The number of fused-ring (bicyclic) bond motifs is 1. The Balaban J connectivity index is 1.62. The molecule has 1 aliphatic rings. The van der Waals surface area contributed by atoms with E-state index in [0.717, 1.165) is 25.7 Å². The molecule has 0 saturated carbocycles. The predicted octanol–water partition coefficient (Wildman–Crippen LogP) is 5.49. The van der Waals surface area contributed by atoms with Gasteiger partial charge in [0.1, 0.15) is 12.3 Å². The predicted molar refractivity (Wildman–Crippen MR) is 127 cm³/mol. The van der Waals surface area contributed by atoms with Crippen molar-refractivity contribution in [2.24, 2.45) is 0 Å². The third-order valence-electron chi connectivity index (χ3n) is 5.20. The van der Waals surface area contributed by atoms with Crippen molar-refractivity contribution in [3.05, 3.63) is 75.9 Å². The van der Waals surface area contributed by atoms with Gasteiger partial charge in [-0.05, 0) is 54.0 Å². The van der Waals surface area contributed by atoms with Crippen LogP contribution in [0.15, 0.2) is 64.8 Å². The molecule has 0 spiro atoms. The van der Waals surface area contributed by atoms with E-state index < -0.39 is 6.03 Å². The number of carbonyl (C=O) groups excluding carboxylic acids is 2. The van der Waals surface area contributed by atoms with Crippen LogP contribution in [0.1, 0.15) is 25.0 Å². The highest BCUT2D eigenvalue weighted by molar-refractivity contribution is 9.10. The molecule has 1 saturated heterocycles. The number of halogens is 1. The van der Waals surface area contributed by atoms with Crippen molar-refractivity contribution in [1.82, 2.24) is 10.2 Å². The second-order valence-corrected chi connectivity index (χ2v) is 8.07.